The highest BCUT2D eigenvalue weighted by atomic mass is 16.1. The minimum Gasteiger partial charge on any atom is -0.329 e. The predicted octanol–water partition coefficient (Wildman–Crippen LogP) is 7.74. The molecule has 184 valence electrons. The molecule has 0 saturated heterocycles. The van der Waals surface area contributed by atoms with E-state index in [9.17, 15) is 9.59 Å². The molecule has 2 amide bonds. The number of nitrogens with one attached hydrogen (secondary N) is 2. The van der Waals surface area contributed by atoms with E-state index in [0.29, 0.717) is 23.4 Å². The van der Waals surface area contributed by atoms with Crippen LogP contribution in [0.25, 0.3) is 0 Å². The zero-order chi connectivity index (χ0) is 26.3. The lowest BCUT2D eigenvalue weighted by Crippen LogP contribution is -2.11. The molecule has 0 unspecified atom stereocenters. The van der Waals surface area contributed by atoms with Gasteiger partial charge in [-0.05, 0) is 88.4 Å². The highest BCUT2D eigenvalue weighted by molar-refractivity contribution is 6.04. The van der Waals surface area contributed by atoms with Gasteiger partial charge in [0.25, 0.3) is 5.91 Å². The molecule has 3 aromatic rings. The Bertz CT molecular complexity index is 1230. The van der Waals surface area contributed by atoms with Crippen LogP contribution in [0.1, 0.15) is 35.3 Å². The largest absolute Gasteiger partial charge is 0.329 e. The van der Waals surface area contributed by atoms with E-state index >= 15 is 0 Å². The molecule has 0 bridgehead atoms. The van der Waals surface area contributed by atoms with Gasteiger partial charge in [0.15, 0.2) is 0 Å². The lowest BCUT2D eigenvalue weighted by Gasteiger charge is -2.05. The topological polar surface area (TPSA) is 82.9 Å². The third-order valence-corrected chi connectivity index (χ3v) is 4.80. The van der Waals surface area contributed by atoms with E-state index in [1.165, 1.54) is 11.1 Å². The quantitative estimate of drug-likeness (QED) is 0.196. The Hall–Kier alpha value is -4.58. The van der Waals surface area contributed by atoms with E-state index in [0.717, 1.165) is 16.9 Å². The second kappa shape index (κ2) is 14.6. The molecule has 3 rings (SSSR count). The van der Waals surface area contributed by atoms with Crippen molar-refractivity contribution in [1.29, 1.82) is 0 Å². The van der Waals surface area contributed by atoms with Crippen molar-refractivity contribution in [2.75, 3.05) is 5.32 Å². The molecule has 2 N–H and O–H groups in total. The van der Waals surface area contributed by atoms with Gasteiger partial charge in [-0.15, -0.1) is 0 Å². The van der Waals surface area contributed by atoms with Crippen LogP contribution in [0.5, 0.6) is 0 Å². The maximum Gasteiger partial charge on any atom is 0.255 e. The molecule has 0 radical (unpaired) electrons. The van der Waals surface area contributed by atoms with Crippen molar-refractivity contribution in [3.63, 3.8) is 0 Å². The smallest absolute Gasteiger partial charge is 0.255 e. The van der Waals surface area contributed by atoms with Gasteiger partial charge in [0.1, 0.15) is 0 Å². The van der Waals surface area contributed by atoms with Crippen molar-refractivity contribution in [2.45, 2.75) is 27.7 Å². The number of nitrogens with zero attached hydrogens (tertiary/aromatic N) is 2. The number of benzene rings is 3. The van der Waals surface area contributed by atoms with Crippen LogP contribution < -0.4 is 10.6 Å². The summed E-state index contributed by atoms with van der Waals surface area (Å²) in [5.41, 5.74) is 7.08. The molecule has 0 aliphatic heterocycles. The Morgan fingerprint density at radius 2 is 1.28 bits per heavy atom. The monoisotopic (exact) mass is 480 g/mol. The van der Waals surface area contributed by atoms with Gasteiger partial charge < -0.3 is 10.6 Å². The lowest BCUT2D eigenvalue weighted by molar-refractivity contribution is -0.108. The normalized spacial score (nSPS) is 10.6. The number of amides is 2. The number of rotatable bonds is 8. The number of carbonyl (C=O) groups excluding carboxylic acids is 2. The van der Waals surface area contributed by atoms with Crippen LogP contribution in [0.2, 0.25) is 0 Å². The van der Waals surface area contributed by atoms with E-state index in [1.807, 2.05) is 82.3 Å². The van der Waals surface area contributed by atoms with Gasteiger partial charge in [0, 0.05) is 16.9 Å². The summed E-state index contributed by atoms with van der Waals surface area (Å²) in [5.74, 6) is -0.147. The highest BCUT2D eigenvalue weighted by Crippen LogP contribution is 2.19. The van der Waals surface area contributed by atoms with Gasteiger partial charge in [-0.2, -0.15) is 10.2 Å². The van der Waals surface area contributed by atoms with Crippen molar-refractivity contribution < 1.29 is 9.59 Å². The molecule has 0 aromatic heterocycles. The van der Waals surface area contributed by atoms with Gasteiger partial charge in [-0.3, -0.25) is 9.59 Å². The summed E-state index contributed by atoms with van der Waals surface area (Å²) < 4.78 is 0. The SMILES string of the molecule is C=C/C(=C\C=C(C)C)NC=O.Cc1ccc(N=Nc2ccc(C(=O)Nc3ccc(C)cc3)cc2)cc1. The molecule has 0 fully saturated rings. The Balaban J connectivity index is 0.000000352. The molecule has 36 heavy (non-hydrogen) atoms. The minimum atomic E-state index is -0.147. The third kappa shape index (κ3) is 10.1. The standard InChI is InChI=1S/C21H19N3O.C9H13NO/c1-15-3-9-18(10-4-15)22-21(25)17-7-13-20(14-8-17)24-23-19-11-5-16(2)6-12-19;1-4-9(10-7-11)6-5-8(2)3/h3-14H,1-2H3,(H,22,25);4-7H,1H2,2-3H3,(H,10,11)/b;9-6+. The van der Waals surface area contributed by atoms with E-state index in [2.05, 4.69) is 27.4 Å². The van der Waals surface area contributed by atoms with Crippen LogP contribution in [-0.2, 0) is 4.79 Å². The van der Waals surface area contributed by atoms with E-state index < -0.39 is 0 Å². The first-order chi connectivity index (χ1) is 17.3. The summed E-state index contributed by atoms with van der Waals surface area (Å²) >= 11 is 0. The van der Waals surface area contributed by atoms with Crippen LogP contribution in [0.3, 0.4) is 0 Å². The predicted molar refractivity (Wildman–Crippen MR) is 148 cm³/mol. The summed E-state index contributed by atoms with van der Waals surface area (Å²) in [4.78, 5) is 22.3. The molecular weight excluding hydrogens is 448 g/mol. The van der Waals surface area contributed by atoms with Crippen molar-refractivity contribution in [1.82, 2.24) is 5.32 Å². The first kappa shape index (κ1) is 27.7. The Morgan fingerprint density at radius 3 is 1.75 bits per heavy atom. The Labute approximate surface area is 213 Å². The van der Waals surface area contributed by atoms with E-state index in [4.69, 9.17) is 0 Å². The van der Waals surface area contributed by atoms with Gasteiger partial charge in [0.05, 0.1) is 11.4 Å². The maximum atomic E-state index is 12.3. The Morgan fingerprint density at radius 1 is 0.778 bits per heavy atom. The van der Waals surface area contributed by atoms with E-state index in [1.54, 1.807) is 36.4 Å². The number of allylic oxidation sites excluding steroid dienone is 4. The summed E-state index contributed by atoms with van der Waals surface area (Å²) in [6.07, 6.45) is 5.93. The van der Waals surface area contributed by atoms with Crippen molar-refractivity contribution in [2.24, 2.45) is 10.2 Å². The fourth-order valence-electron chi connectivity index (χ4n) is 2.75. The molecule has 6 nitrogen and oxygen atoms in total. The molecule has 0 atom stereocenters. The fourth-order valence-corrected chi connectivity index (χ4v) is 2.75. The van der Waals surface area contributed by atoms with Gasteiger partial charge in [0.2, 0.25) is 6.41 Å². The second-order valence-corrected chi connectivity index (χ2v) is 8.23. The molecule has 0 saturated carbocycles. The molecule has 0 aliphatic carbocycles. The van der Waals surface area contributed by atoms with Crippen LogP contribution in [0, 0.1) is 13.8 Å². The maximum absolute atomic E-state index is 12.3. The number of anilines is 1. The second-order valence-electron chi connectivity index (χ2n) is 8.23. The number of aryl methyl sites for hydroxylation is 2. The van der Waals surface area contributed by atoms with E-state index in [-0.39, 0.29) is 5.91 Å². The Kier molecular flexibility index (Phi) is 11.2. The van der Waals surface area contributed by atoms with Crippen molar-refractivity contribution in [3.05, 3.63) is 126 Å². The first-order valence-electron chi connectivity index (χ1n) is 11.4. The fraction of sp³-hybridized carbons (Fsp3) is 0.133. The average Bonchev–Trinajstić information content (AvgIpc) is 2.88. The van der Waals surface area contributed by atoms with Gasteiger partial charge in [-0.1, -0.05) is 53.6 Å². The van der Waals surface area contributed by atoms with Crippen molar-refractivity contribution >= 4 is 29.4 Å². The third-order valence-electron chi connectivity index (χ3n) is 4.80. The first-order valence-corrected chi connectivity index (χ1v) is 11.4. The number of hydrogen-bond donors (Lipinski definition) is 2. The molecule has 0 aliphatic rings. The average molecular weight is 481 g/mol. The van der Waals surface area contributed by atoms with Gasteiger partial charge >= 0.3 is 0 Å². The molecular formula is C30H32N4O2. The summed E-state index contributed by atoms with van der Waals surface area (Å²) in [5, 5.41) is 13.8. The molecule has 0 spiro atoms. The summed E-state index contributed by atoms with van der Waals surface area (Å²) in [6.45, 7) is 11.5. The van der Waals surface area contributed by atoms with Crippen molar-refractivity contribution in [3.8, 4) is 0 Å². The van der Waals surface area contributed by atoms with Crippen LogP contribution >= 0.6 is 0 Å². The van der Waals surface area contributed by atoms with Crippen LogP contribution in [-0.4, -0.2) is 12.3 Å². The number of hydrogen-bond acceptors (Lipinski definition) is 4. The van der Waals surface area contributed by atoms with Crippen LogP contribution in [0.4, 0.5) is 17.1 Å². The molecule has 0 heterocycles. The van der Waals surface area contributed by atoms with Crippen LogP contribution in [0.15, 0.2) is 119 Å². The zero-order valence-corrected chi connectivity index (χ0v) is 21.2. The zero-order valence-electron chi connectivity index (χ0n) is 21.2. The summed E-state index contributed by atoms with van der Waals surface area (Å²) in [6, 6.07) is 22.6. The molecule has 6 heteroatoms. The molecule has 3 aromatic carbocycles. The minimum absolute atomic E-state index is 0.147. The number of azo groups is 1. The van der Waals surface area contributed by atoms with Gasteiger partial charge in [-0.25, -0.2) is 0 Å². The summed E-state index contributed by atoms with van der Waals surface area (Å²) in [7, 11) is 0. The highest BCUT2D eigenvalue weighted by Gasteiger charge is 2.05. The number of carbonyl (C=O) groups is 2. The lowest BCUT2D eigenvalue weighted by atomic mass is 10.2.